The molecule has 0 aliphatic heterocycles. The van der Waals surface area contributed by atoms with Crippen molar-refractivity contribution in [3.8, 4) is 0 Å². The van der Waals surface area contributed by atoms with E-state index in [2.05, 4.69) is 13.2 Å². The molecule has 0 aromatic heterocycles. The van der Waals surface area contributed by atoms with Gasteiger partial charge in [0.25, 0.3) is 0 Å². The second-order valence-electron chi connectivity index (χ2n) is 2.03. The summed E-state index contributed by atoms with van der Waals surface area (Å²) in [5.41, 5.74) is 12.5. The standard InChI is InChI=1S/C9H14N2/c1-3-5-8(7-10)6-9(11)4-2/h3-6H,1-2,7,10-11H2/b8-5+,9-6+. The van der Waals surface area contributed by atoms with Crippen molar-refractivity contribution in [2.75, 3.05) is 6.54 Å². The molecule has 2 heteroatoms. The van der Waals surface area contributed by atoms with E-state index >= 15 is 0 Å². The van der Waals surface area contributed by atoms with Crippen LogP contribution in [0.1, 0.15) is 0 Å². The summed E-state index contributed by atoms with van der Waals surface area (Å²) < 4.78 is 0. The summed E-state index contributed by atoms with van der Waals surface area (Å²) in [7, 11) is 0. The summed E-state index contributed by atoms with van der Waals surface area (Å²) in [6, 6.07) is 0. The first-order valence-electron chi connectivity index (χ1n) is 3.36. The molecule has 0 aliphatic carbocycles. The zero-order valence-corrected chi connectivity index (χ0v) is 6.59. The highest BCUT2D eigenvalue weighted by molar-refractivity contribution is 5.30. The van der Waals surface area contributed by atoms with E-state index in [9.17, 15) is 0 Å². The maximum atomic E-state index is 5.49. The van der Waals surface area contributed by atoms with Crippen LogP contribution in [0.25, 0.3) is 0 Å². The third kappa shape index (κ3) is 4.17. The highest BCUT2D eigenvalue weighted by Gasteiger charge is 1.87. The van der Waals surface area contributed by atoms with Crippen LogP contribution < -0.4 is 11.5 Å². The average molecular weight is 150 g/mol. The van der Waals surface area contributed by atoms with Gasteiger partial charge in [0, 0.05) is 12.2 Å². The van der Waals surface area contributed by atoms with Crippen LogP contribution in [-0.4, -0.2) is 6.54 Å². The van der Waals surface area contributed by atoms with Crippen LogP contribution in [0.2, 0.25) is 0 Å². The van der Waals surface area contributed by atoms with E-state index < -0.39 is 0 Å². The number of allylic oxidation sites excluding steroid dienone is 3. The zero-order valence-electron chi connectivity index (χ0n) is 6.59. The third-order valence-electron chi connectivity index (χ3n) is 1.16. The van der Waals surface area contributed by atoms with E-state index in [1.807, 2.05) is 6.08 Å². The molecule has 2 nitrogen and oxygen atoms in total. The lowest BCUT2D eigenvalue weighted by atomic mass is 10.2. The number of nitrogens with two attached hydrogens (primary N) is 2. The molecule has 0 atom stereocenters. The fourth-order valence-corrected chi connectivity index (χ4v) is 0.599. The highest BCUT2D eigenvalue weighted by Crippen LogP contribution is 1.97. The van der Waals surface area contributed by atoms with Crippen LogP contribution in [0.15, 0.2) is 48.7 Å². The van der Waals surface area contributed by atoms with Crippen LogP contribution in [0.5, 0.6) is 0 Å². The minimum absolute atomic E-state index is 0.459. The molecule has 4 N–H and O–H groups in total. The first-order valence-corrected chi connectivity index (χ1v) is 3.36. The van der Waals surface area contributed by atoms with Gasteiger partial charge in [-0.25, -0.2) is 0 Å². The maximum absolute atomic E-state index is 5.49. The second-order valence-corrected chi connectivity index (χ2v) is 2.03. The van der Waals surface area contributed by atoms with Crippen molar-refractivity contribution in [2.24, 2.45) is 11.5 Å². The Morgan fingerprint density at radius 3 is 2.36 bits per heavy atom. The van der Waals surface area contributed by atoms with Gasteiger partial charge in [0.05, 0.1) is 0 Å². The molecule has 0 heterocycles. The molecule has 0 radical (unpaired) electrons. The van der Waals surface area contributed by atoms with Gasteiger partial charge in [-0.15, -0.1) is 0 Å². The van der Waals surface area contributed by atoms with Crippen LogP contribution in [0.4, 0.5) is 0 Å². The quantitative estimate of drug-likeness (QED) is 0.589. The molecule has 0 saturated heterocycles. The van der Waals surface area contributed by atoms with Gasteiger partial charge < -0.3 is 11.5 Å². The summed E-state index contributed by atoms with van der Waals surface area (Å²) in [6.07, 6.45) is 6.84. The molecule has 0 fully saturated rings. The van der Waals surface area contributed by atoms with Gasteiger partial charge in [-0.3, -0.25) is 0 Å². The van der Waals surface area contributed by atoms with Crippen molar-refractivity contribution in [1.82, 2.24) is 0 Å². The Labute approximate surface area is 67.6 Å². The number of hydrogen-bond donors (Lipinski definition) is 2. The van der Waals surface area contributed by atoms with E-state index in [0.717, 1.165) is 5.57 Å². The Kier molecular flexibility index (Phi) is 4.86. The lowest BCUT2D eigenvalue weighted by Crippen LogP contribution is -2.03. The van der Waals surface area contributed by atoms with Gasteiger partial charge in [-0.05, 0) is 17.7 Å². The van der Waals surface area contributed by atoms with Crippen LogP contribution in [0, 0.1) is 0 Å². The first-order chi connectivity index (χ1) is 5.24. The maximum Gasteiger partial charge on any atom is 0.0311 e. The molecule has 11 heavy (non-hydrogen) atoms. The Hall–Kier alpha value is -1.28. The molecule has 0 unspecified atom stereocenters. The van der Waals surface area contributed by atoms with E-state index in [4.69, 9.17) is 11.5 Å². The molecule has 0 spiro atoms. The molecule has 60 valence electrons. The van der Waals surface area contributed by atoms with Crippen molar-refractivity contribution in [3.63, 3.8) is 0 Å². The predicted octanol–water partition coefficient (Wildman–Crippen LogP) is 1.09. The summed E-state index contributed by atoms with van der Waals surface area (Å²) in [4.78, 5) is 0. The summed E-state index contributed by atoms with van der Waals surface area (Å²) in [6.45, 7) is 7.53. The molecule has 0 aromatic rings. The van der Waals surface area contributed by atoms with Crippen LogP contribution >= 0.6 is 0 Å². The van der Waals surface area contributed by atoms with E-state index in [-0.39, 0.29) is 0 Å². The monoisotopic (exact) mass is 150 g/mol. The third-order valence-corrected chi connectivity index (χ3v) is 1.16. The van der Waals surface area contributed by atoms with Gasteiger partial charge in [-0.2, -0.15) is 0 Å². The SMILES string of the molecule is C=C/C=C(\C=C(\N)C=C)CN. The van der Waals surface area contributed by atoms with Crippen LogP contribution in [0.3, 0.4) is 0 Å². The zero-order chi connectivity index (χ0) is 8.69. The Morgan fingerprint density at radius 1 is 1.36 bits per heavy atom. The number of hydrogen-bond acceptors (Lipinski definition) is 2. The van der Waals surface area contributed by atoms with E-state index in [1.165, 1.54) is 0 Å². The van der Waals surface area contributed by atoms with Crippen LogP contribution in [-0.2, 0) is 0 Å². The molecule has 0 aliphatic rings. The second kappa shape index (κ2) is 5.50. The van der Waals surface area contributed by atoms with E-state index in [1.54, 1.807) is 18.2 Å². The van der Waals surface area contributed by atoms with Crippen molar-refractivity contribution in [3.05, 3.63) is 48.7 Å². The lowest BCUT2D eigenvalue weighted by molar-refractivity contribution is 1.18. The van der Waals surface area contributed by atoms with Crippen molar-refractivity contribution < 1.29 is 0 Å². The largest absolute Gasteiger partial charge is 0.399 e. The number of rotatable bonds is 4. The molecule has 0 rings (SSSR count). The molecular formula is C9H14N2. The normalized spacial score (nSPS) is 12.8. The van der Waals surface area contributed by atoms with E-state index in [0.29, 0.717) is 12.2 Å². The Morgan fingerprint density at radius 2 is 2.00 bits per heavy atom. The van der Waals surface area contributed by atoms with Gasteiger partial charge >= 0.3 is 0 Å². The summed E-state index contributed by atoms with van der Waals surface area (Å²) >= 11 is 0. The van der Waals surface area contributed by atoms with Gasteiger partial charge in [-0.1, -0.05) is 25.3 Å². The molecule has 0 bridgehead atoms. The Bertz CT molecular complexity index is 200. The average Bonchev–Trinajstić information content (AvgIpc) is 2.03. The molecule has 0 saturated carbocycles. The minimum Gasteiger partial charge on any atom is -0.399 e. The fraction of sp³-hybridized carbons (Fsp3) is 0.111. The first kappa shape index (κ1) is 9.72. The van der Waals surface area contributed by atoms with Gasteiger partial charge in [0.2, 0.25) is 0 Å². The summed E-state index contributed by atoms with van der Waals surface area (Å²) in [5.74, 6) is 0. The van der Waals surface area contributed by atoms with Crippen molar-refractivity contribution in [2.45, 2.75) is 0 Å². The molecule has 0 amide bonds. The highest BCUT2D eigenvalue weighted by atomic mass is 14.6. The topological polar surface area (TPSA) is 52.0 Å². The van der Waals surface area contributed by atoms with Crippen molar-refractivity contribution in [1.29, 1.82) is 0 Å². The predicted molar refractivity (Wildman–Crippen MR) is 49.8 cm³/mol. The molecule has 0 aromatic carbocycles. The minimum atomic E-state index is 0.459. The van der Waals surface area contributed by atoms with Gasteiger partial charge in [0.15, 0.2) is 0 Å². The van der Waals surface area contributed by atoms with Gasteiger partial charge in [0.1, 0.15) is 0 Å². The Balaban J connectivity index is 4.40. The summed E-state index contributed by atoms with van der Waals surface area (Å²) in [5, 5.41) is 0. The molecular weight excluding hydrogens is 136 g/mol. The fourth-order valence-electron chi connectivity index (χ4n) is 0.599. The smallest absolute Gasteiger partial charge is 0.0311 e. The van der Waals surface area contributed by atoms with Crippen molar-refractivity contribution >= 4 is 0 Å². The lowest BCUT2D eigenvalue weighted by Gasteiger charge is -1.96.